The molecule has 0 radical (unpaired) electrons. The lowest BCUT2D eigenvalue weighted by Crippen LogP contribution is -2.29. The van der Waals surface area contributed by atoms with Crippen molar-refractivity contribution < 1.29 is 41.4 Å². The highest BCUT2D eigenvalue weighted by Gasteiger charge is 2.22. The van der Waals surface area contributed by atoms with Crippen molar-refractivity contribution >= 4 is 28.6 Å². The fourth-order valence-corrected chi connectivity index (χ4v) is 5.05. The third kappa shape index (κ3) is 7.44. The second kappa shape index (κ2) is 13.5. The average Bonchev–Trinajstić information content (AvgIpc) is 3.69. The predicted octanol–water partition coefficient (Wildman–Crippen LogP) is 7.30. The Labute approximate surface area is 286 Å². The largest absolute Gasteiger partial charge is 0.454 e. The van der Waals surface area contributed by atoms with E-state index in [1.54, 1.807) is 50.8 Å². The molecule has 0 bridgehead atoms. The smallest absolute Gasteiger partial charge is 0.435 e. The molecule has 0 saturated heterocycles. The van der Waals surface area contributed by atoms with Gasteiger partial charge in [-0.25, -0.2) is 18.1 Å². The molecule has 6 aromatic rings. The molecule has 51 heavy (non-hydrogen) atoms. The summed E-state index contributed by atoms with van der Waals surface area (Å²) in [7, 11) is 1.74. The molecule has 0 unspecified atom stereocenters. The predicted molar refractivity (Wildman–Crippen MR) is 177 cm³/mol. The molecule has 0 aliphatic carbocycles. The molecule has 0 spiro atoms. The molecule has 0 fully saturated rings. The Morgan fingerprint density at radius 2 is 1.65 bits per heavy atom. The van der Waals surface area contributed by atoms with Crippen molar-refractivity contribution in [3.63, 3.8) is 0 Å². The van der Waals surface area contributed by atoms with Crippen LogP contribution in [0.15, 0.2) is 90.1 Å². The lowest BCUT2D eigenvalue weighted by Gasteiger charge is -2.18. The van der Waals surface area contributed by atoms with E-state index in [4.69, 9.17) is 9.47 Å². The Bertz CT molecular complexity index is 2340. The summed E-state index contributed by atoms with van der Waals surface area (Å²) < 4.78 is 74.4. The second-order valence-corrected chi connectivity index (χ2v) is 12.1. The van der Waals surface area contributed by atoms with Gasteiger partial charge in [-0.05, 0) is 75.4 Å². The lowest BCUT2D eigenvalue weighted by molar-refractivity contribution is -0.0544. The minimum atomic E-state index is -3.29. The van der Waals surface area contributed by atoms with E-state index in [1.165, 1.54) is 24.5 Å². The molecule has 12 nitrogen and oxygen atoms in total. The summed E-state index contributed by atoms with van der Waals surface area (Å²) in [6, 6.07) is 13.2. The van der Waals surface area contributed by atoms with Crippen molar-refractivity contribution in [2.45, 2.75) is 33.0 Å². The van der Waals surface area contributed by atoms with E-state index in [0.717, 1.165) is 47.1 Å². The van der Waals surface area contributed by atoms with Gasteiger partial charge >= 0.3 is 12.7 Å². The van der Waals surface area contributed by atoms with Crippen molar-refractivity contribution in [3.8, 4) is 34.2 Å². The lowest BCUT2D eigenvalue weighted by atomic mass is 10.1. The number of rotatable bonds is 8. The number of fused-ring (bicyclic) bond motifs is 1. The van der Waals surface area contributed by atoms with Gasteiger partial charge in [0.1, 0.15) is 22.7 Å². The van der Waals surface area contributed by atoms with Gasteiger partial charge in [0.15, 0.2) is 11.6 Å². The second-order valence-electron chi connectivity index (χ2n) is 12.1. The number of pyridine rings is 1. The maximum absolute atomic E-state index is 15.5. The Hall–Kier alpha value is -6.45. The number of nitrogens with zero attached hydrogens (tertiary/aromatic N) is 5. The number of ether oxygens (including phenoxy) is 3. The first-order valence-electron chi connectivity index (χ1n) is 15.2. The molecule has 1 N–H and O–H groups in total. The van der Waals surface area contributed by atoms with E-state index in [-0.39, 0.29) is 22.9 Å². The molecule has 3 aromatic carbocycles. The maximum Gasteiger partial charge on any atom is 0.435 e. The van der Waals surface area contributed by atoms with Crippen LogP contribution in [0.5, 0.6) is 17.4 Å². The van der Waals surface area contributed by atoms with Crippen LogP contribution in [0.25, 0.3) is 27.7 Å². The first-order chi connectivity index (χ1) is 24.2. The summed E-state index contributed by atoms with van der Waals surface area (Å²) in [5, 5.41) is 11.5. The van der Waals surface area contributed by atoms with E-state index >= 15 is 4.39 Å². The van der Waals surface area contributed by atoms with Crippen LogP contribution in [0.1, 0.15) is 31.1 Å². The number of aromatic nitrogens is 5. The summed E-state index contributed by atoms with van der Waals surface area (Å²) >= 11 is 0. The molecule has 0 saturated carbocycles. The number of carbonyl (C=O) groups is 2. The van der Waals surface area contributed by atoms with Gasteiger partial charge in [0.25, 0.3) is 11.5 Å². The minimum Gasteiger partial charge on any atom is -0.454 e. The van der Waals surface area contributed by atoms with Gasteiger partial charge in [-0.1, -0.05) is 0 Å². The zero-order valence-electron chi connectivity index (χ0n) is 27.4. The van der Waals surface area contributed by atoms with E-state index < -0.39 is 52.9 Å². The summed E-state index contributed by atoms with van der Waals surface area (Å²) in [5.41, 5.74) is -0.781. The van der Waals surface area contributed by atoms with Crippen LogP contribution in [0, 0.1) is 11.6 Å². The number of hydrogen-bond donors (Lipinski definition) is 1. The highest BCUT2D eigenvalue weighted by molar-refractivity contribution is 6.04. The monoisotopic (exact) mass is 704 g/mol. The van der Waals surface area contributed by atoms with Gasteiger partial charge in [0.05, 0.1) is 23.6 Å². The third-order valence-electron chi connectivity index (χ3n) is 7.32. The number of nitrogens with one attached hydrogen (secondary N) is 1. The Kier molecular flexibility index (Phi) is 9.08. The van der Waals surface area contributed by atoms with E-state index in [0.29, 0.717) is 26.6 Å². The minimum absolute atomic E-state index is 0.0414. The molecule has 0 aliphatic rings. The fourth-order valence-electron chi connectivity index (χ4n) is 5.05. The Balaban J connectivity index is 1.28. The van der Waals surface area contributed by atoms with Crippen LogP contribution in [-0.2, 0) is 11.8 Å². The summed E-state index contributed by atoms with van der Waals surface area (Å²) in [6.45, 7) is 1.87. The van der Waals surface area contributed by atoms with Gasteiger partial charge < -0.3 is 19.5 Å². The topological polar surface area (TPSA) is 131 Å². The van der Waals surface area contributed by atoms with Gasteiger partial charge in [-0.3, -0.25) is 14.3 Å². The van der Waals surface area contributed by atoms with E-state index in [2.05, 4.69) is 20.3 Å². The molecule has 16 heteroatoms. The average molecular weight is 705 g/mol. The number of carbonyl (C=O) groups excluding carboxylic acids is 2. The van der Waals surface area contributed by atoms with E-state index in [1.807, 2.05) is 0 Å². The quantitative estimate of drug-likeness (QED) is 0.164. The molecule has 0 aliphatic heterocycles. The Morgan fingerprint density at radius 1 is 0.902 bits per heavy atom. The van der Waals surface area contributed by atoms with Crippen LogP contribution >= 0.6 is 0 Å². The first kappa shape index (κ1) is 34.4. The third-order valence-corrected chi connectivity index (χ3v) is 7.32. The van der Waals surface area contributed by atoms with Crippen LogP contribution in [0.3, 0.4) is 0 Å². The highest BCUT2D eigenvalue weighted by atomic mass is 19.3. The molecular weight excluding hydrogens is 676 g/mol. The van der Waals surface area contributed by atoms with Gasteiger partial charge in [-0.2, -0.15) is 23.7 Å². The standard InChI is InChI=1S/C35H28F4N6O6/c1-35(2,3)51-34(48)44-18-20(17-41-44)25-15-27-19(16-40-43(27)4)13-29(25)49-28-11-7-22(14-26(28)37)42-31(46)24-10-12-30(50-33(38)39)45(32(24)47)23-8-5-21(36)6-9-23/h5-18,33H,1-4H3,(H,42,46). The van der Waals surface area contributed by atoms with Crippen LogP contribution in [0.4, 0.5) is 28.0 Å². The number of halogens is 4. The van der Waals surface area contributed by atoms with Crippen molar-refractivity contribution in [1.82, 2.24) is 24.1 Å². The maximum atomic E-state index is 15.5. The van der Waals surface area contributed by atoms with Crippen molar-refractivity contribution in [2.24, 2.45) is 7.05 Å². The van der Waals surface area contributed by atoms with Gasteiger partial charge in [0.2, 0.25) is 5.88 Å². The zero-order chi connectivity index (χ0) is 36.6. The molecule has 0 atom stereocenters. The highest BCUT2D eigenvalue weighted by Crippen LogP contribution is 2.38. The first-order valence-corrected chi connectivity index (χ1v) is 15.2. The normalized spacial score (nSPS) is 11.5. The number of amides is 1. The number of benzene rings is 3. The molecule has 262 valence electrons. The number of aryl methyl sites for hydroxylation is 1. The SMILES string of the molecule is Cn1ncc2cc(Oc3ccc(NC(=O)c4ccc(OC(F)F)n(-c5ccc(F)cc5)c4=O)cc3F)c(-c3cnn(C(=O)OC(C)(C)C)c3)cc21. The molecular formula is C35H28F4N6O6. The Morgan fingerprint density at radius 3 is 2.33 bits per heavy atom. The molecule has 3 heterocycles. The summed E-state index contributed by atoms with van der Waals surface area (Å²) in [6.07, 6.45) is 3.78. The van der Waals surface area contributed by atoms with Crippen LogP contribution in [-0.4, -0.2) is 48.3 Å². The molecule has 3 aromatic heterocycles. The van der Waals surface area contributed by atoms with E-state index in [9.17, 15) is 27.6 Å². The summed E-state index contributed by atoms with van der Waals surface area (Å²) in [4.78, 5) is 39.1. The number of hydrogen-bond acceptors (Lipinski definition) is 8. The number of alkyl halides is 2. The van der Waals surface area contributed by atoms with Crippen LogP contribution in [0.2, 0.25) is 0 Å². The van der Waals surface area contributed by atoms with Crippen molar-refractivity contribution in [1.29, 1.82) is 0 Å². The zero-order valence-corrected chi connectivity index (χ0v) is 27.4. The number of anilines is 1. The summed E-state index contributed by atoms with van der Waals surface area (Å²) in [5.74, 6) is -3.15. The van der Waals surface area contributed by atoms with Gasteiger partial charge in [0, 0.05) is 47.6 Å². The van der Waals surface area contributed by atoms with Crippen molar-refractivity contribution in [3.05, 3.63) is 113 Å². The van der Waals surface area contributed by atoms with Crippen LogP contribution < -0.4 is 20.3 Å². The molecule has 1 amide bonds. The molecule has 6 rings (SSSR count). The fraction of sp³-hybridized carbons (Fsp3) is 0.171. The van der Waals surface area contributed by atoms with Crippen molar-refractivity contribution in [2.75, 3.05) is 5.32 Å². The van der Waals surface area contributed by atoms with Gasteiger partial charge in [-0.15, -0.1) is 0 Å².